The van der Waals surface area contributed by atoms with Gasteiger partial charge in [0.05, 0.1) is 7.11 Å². The van der Waals surface area contributed by atoms with Gasteiger partial charge in [-0.05, 0) is 6.42 Å². The number of likely N-dealkylation sites (N-methyl/N-ethyl adjacent to an activating group) is 2. The Morgan fingerprint density at radius 2 is 1.94 bits per heavy atom. The van der Waals surface area contributed by atoms with Gasteiger partial charge in [-0.2, -0.15) is 0 Å². The monoisotopic (exact) mass is 232 g/mol. The smallest absolute Gasteiger partial charge is 0.407 e. The average molecular weight is 232 g/mol. The number of rotatable bonds is 6. The van der Waals surface area contributed by atoms with E-state index in [1.807, 2.05) is 6.92 Å². The maximum absolute atomic E-state index is 11.8. The van der Waals surface area contributed by atoms with E-state index in [4.69, 9.17) is 9.94 Å². The van der Waals surface area contributed by atoms with E-state index in [1.165, 1.54) is 21.2 Å². The lowest BCUT2D eigenvalue weighted by Gasteiger charge is -2.27. The van der Waals surface area contributed by atoms with Gasteiger partial charge in [-0.3, -0.25) is 14.5 Å². The van der Waals surface area contributed by atoms with Crippen molar-refractivity contribution in [2.45, 2.75) is 32.2 Å². The second-order valence-corrected chi connectivity index (χ2v) is 3.57. The van der Waals surface area contributed by atoms with Crippen LogP contribution in [-0.4, -0.2) is 54.3 Å². The van der Waals surface area contributed by atoms with Crippen molar-refractivity contribution < 1.29 is 19.5 Å². The summed E-state index contributed by atoms with van der Waals surface area (Å²) in [6.45, 7) is 1.99. The minimum absolute atomic E-state index is 0.346. The maximum atomic E-state index is 11.8. The van der Waals surface area contributed by atoms with Crippen LogP contribution in [0.3, 0.4) is 0 Å². The van der Waals surface area contributed by atoms with Crippen LogP contribution >= 0.6 is 0 Å². The molecule has 1 atom stereocenters. The predicted molar refractivity (Wildman–Crippen MR) is 58.9 cm³/mol. The van der Waals surface area contributed by atoms with E-state index < -0.39 is 12.1 Å². The van der Waals surface area contributed by atoms with Gasteiger partial charge in [0, 0.05) is 14.1 Å². The van der Waals surface area contributed by atoms with E-state index in [1.54, 1.807) is 0 Å². The molecule has 0 aromatic rings. The number of carboxylic acid groups (broad SMARTS) is 1. The summed E-state index contributed by atoms with van der Waals surface area (Å²) in [6, 6.07) is -0.678. The summed E-state index contributed by atoms with van der Waals surface area (Å²) in [6.07, 6.45) is 1.10. The van der Waals surface area contributed by atoms with Crippen LogP contribution in [0.1, 0.15) is 26.2 Å². The summed E-state index contributed by atoms with van der Waals surface area (Å²) in [4.78, 5) is 28.4. The molecule has 0 aliphatic heterocycles. The zero-order valence-corrected chi connectivity index (χ0v) is 10.3. The molecule has 6 nitrogen and oxygen atoms in total. The number of hydrogen-bond acceptors (Lipinski definition) is 3. The molecule has 0 aromatic carbocycles. The summed E-state index contributed by atoms with van der Waals surface area (Å²) in [5, 5.41) is 9.92. The van der Waals surface area contributed by atoms with Gasteiger partial charge in [0.1, 0.15) is 6.04 Å². The Bertz CT molecular complexity index is 245. The first-order chi connectivity index (χ1) is 7.45. The Balaban J connectivity index is 4.65. The van der Waals surface area contributed by atoms with Crippen molar-refractivity contribution in [3.05, 3.63) is 0 Å². The van der Waals surface area contributed by atoms with Crippen molar-refractivity contribution in [2.75, 3.05) is 21.2 Å². The predicted octanol–water partition coefficient (Wildman–Crippen LogP) is 1.17. The van der Waals surface area contributed by atoms with Gasteiger partial charge in [0.25, 0.3) is 5.91 Å². The summed E-state index contributed by atoms with van der Waals surface area (Å²) in [5.74, 6) is -0.346. The van der Waals surface area contributed by atoms with Crippen LogP contribution in [0, 0.1) is 0 Å². The quantitative estimate of drug-likeness (QED) is 0.698. The van der Waals surface area contributed by atoms with Crippen molar-refractivity contribution >= 4 is 12.0 Å². The largest absolute Gasteiger partial charge is 0.465 e. The molecular formula is C10H20N2O4. The zero-order valence-electron chi connectivity index (χ0n) is 10.3. The molecule has 0 aliphatic rings. The number of carbonyl (C=O) groups is 2. The van der Waals surface area contributed by atoms with E-state index in [0.717, 1.165) is 22.8 Å². The molecule has 0 saturated carbocycles. The molecule has 6 heteroatoms. The molecular weight excluding hydrogens is 212 g/mol. The lowest BCUT2D eigenvalue weighted by Crippen LogP contribution is -2.47. The zero-order chi connectivity index (χ0) is 12.7. The number of unbranched alkanes of at least 4 members (excludes halogenated alkanes) is 1. The average Bonchev–Trinajstić information content (AvgIpc) is 2.27. The van der Waals surface area contributed by atoms with Gasteiger partial charge in [-0.25, -0.2) is 9.86 Å². The molecule has 0 aliphatic carbocycles. The Morgan fingerprint density at radius 3 is 2.31 bits per heavy atom. The van der Waals surface area contributed by atoms with Gasteiger partial charge in [0.2, 0.25) is 0 Å². The van der Waals surface area contributed by atoms with Crippen molar-refractivity contribution in [1.82, 2.24) is 9.96 Å². The van der Waals surface area contributed by atoms with Crippen molar-refractivity contribution in [3.63, 3.8) is 0 Å². The number of hydrogen-bond donors (Lipinski definition) is 1. The highest BCUT2D eigenvalue weighted by Gasteiger charge is 2.28. The van der Waals surface area contributed by atoms with E-state index in [-0.39, 0.29) is 5.91 Å². The number of carbonyl (C=O) groups excluding carboxylic acids is 1. The first-order valence-corrected chi connectivity index (χ1v) is 5.23. The van der Waals surface area contributed by atoms with E-state index in [9.17, 15) is 9.59 Å². The number of amides is 2. The maximum Gasteiger partial charge on any atom is 0.407 e. The minimum Gasteiger partial charge on any atom is -0.465 e. The van der Waals surface area contributed by atoms with Gasteiger partial charge in [0.15, 0.2) is 0 Å². The summed E-state index contributed by atoms with van der Waals surface area (Å²) >= 11 is 0. The van der Waals surface area contributed by atoms with Gasteiger partial charge in [-0.15, -0.1) is 0 Å². The van der Waals surface area contributed by atoms with Crippen LogP contribution in [0.4, 0.5) is 4.79 Å². The van der Waals surface area contributed by atoms with E-state index in [0.29, 0.717) is 6.42 Å². The summed E-state index contributed by atoms with van der Waals surface area (Å²) < 4.78 is 0. The van der Waals surface area contributed by atoms with Gasteiger partial charge >= 0.3 is 6.09 Å². The first kappa shape index (κ1) is 14.7. The Kier molecular flexibility index (Phi) is 6.48. The molecule has 0 fully saturated rings. The van der Waals surface area contributed by atoms with Crippen molar-refractivity contribution in [3.8, 4) is 0 Å². The molecule has 94 valence electrons. The molecule has 16 heavy (non-hydrogen) atoms. The molecule has 0 unspecified atom stereocenters. The topological polar surface area (TPSA) is 70.1 Å². The van der Waals surface area contributed by atoms with Gasteiger partial charge < -0.3 is 5.11 Å². The van der Waals surface area contributed by atoms with Gasteiger partial charge in [-0.1, -0.05) is 19.8 Å². The van der Waals surface area contributed by atoms with Crippen LogP contribution in [0.5, 0.6) is 0 Å². The van der Waals surface area contributed by atoms with Crippen molar-refractivity contribution in [2.24, 2.45) is 0 Å². The third-order valence-electron chi connectivity index (χ3n) is 2.47. The minimum atomic E-state index is -1.11. The highest BCUT2D eigenvalue weighted by atomic mass is 16.7. The molecule has 0 heterocycles. The normalized spacial score (nSPS) is 12.0. The molecule has 0 saturated heterocycles. The van der Waals surface area contributed by atoms with Crippen molar-refractivity contribution in [1.29, 1.82) is 0 Å². The highest BCUT2D eigenvalue weighted by molar-refractivity contribution is 5.84. The van der Waals surface area contributed by atoms with Crippen LogP contribution in [0.25, 0.3) is 0 Å². The van der Waals surface area contributed by atoms with E-state index >= 15 is 0 Å². The third kappa shape index (κ3) is 4.06. The molecule has 0 rings (SSSR count). The molecule has 0 radical (unpaired) electrons. The Hall–Kier alpha value is -1.30. The van der Waals surface area contributed by atoms with Crippen LogP contribution in [0.15, 0.2) is 0 Å². The highest BCUT2D eigenvalue weighted by Crippen LogP contribution is 2.10. The summed E-state index contributed by atoms with van der Waals surface area (Å²) in [7, 11) is 4.23. The molecule has 1 N–H and O–H groups in total. The van der Waals surface area contributed by atoms with E-state index in [2.05, 4.69) is 0 Å². The molecule has 0 spiro atoms. The lowest BCUT2D eigenvalue weighted by molar-refractivity contribution is -0.173. The Labute approximate surface area is 95.7 Å². The SMILES string of the molecule is CCCC[C@@H](C(=O)N(C)OC)N(C)C(=O)O. The molecule has 2 amide bonds. The fraction of sp³-hybridized carbons (Fsp3) is 0.800. The Morgan fingerprint density at radius 1 is 1.38 bits per heavy atom. The fourth-order valence-electron chi connectivity index (χ4n) is 1.31. The standard InChI is InChI=1S/C10H20N2O4/c1-5-6-7-8(11(2)10(14)15)9(13)12(3)16-4/h8H,5-7H2,1-4H3,(H,14,15)/t8-/m0/s1. The van der Waals surface area contributed by atoms with Crippen LogP contribution in [0.2, 0.25) is 0 Å². The van der Waals surface area contributed by atoms with Crippen LogP contribution < -0.4 is 0 Å². The fourth-order valence-corrected chi connectivity index (χ4v) is 1.31. The van der Waals surface area contributed by atoms with Crippen LogP contribution in [-0.2, 0) is 9.63 Å². The second-order valence-electron chi connectivity index (χ2n) is 3.57. The summed E-state index contributed by atoms with van der Waals surface area (Å²) in [5.41, 5.74) is 0. The molecule has 0 aromatic heterocycles. The lowest BCUT2D eigenvalue weighted by atomic mass is 10.1. The third-order valence-corrected chi connectivity index (χ3v) is 2.47. The first-order valence-electron chi connectivity index (χ1n) is 5.23. The number of hydroxylamine groups is 2. The number of nitrogens with zero attached hydrogens (tertiary/aromatic N) is 2. The second kappa shape index (κ2) is 7.05. The molecule has 0 bridgehead atoms.